The number of fused-ring (bicyclic) bond motifs is 2. The summed E-state index contributed by atoms with van der Waals surface area (Å²) < 4.78 is 5.79. The molecule has 146 valence electrons. The molecule has 2 amide bonds. The number of hydrogen-bond acceptors (Lipinski definition) is 5. The molecule has 1 atom stereocenters. The monoisotopic (exact) mass is 397 g/mol. The zero-order chi connectivity index (χ0) is 19.8. The van der Waals surface area contributed by atoms with E-state index in [1.165, 1.54) is 22.1 Å². The number of nitrogens with zero attached hydrogens (tertiary/aromatic N) is 2. The van der Waals surface area contributed by atoms with Crippen molar-refractivity contribution < 1.29 is 14.3 Å². The maximum atomic E-state index is 13.2. The number of aryl methyl sites for hydroxylation is 2. The molecule has 1 aromatic carbocycles. The Balaban J connectivity index is 1.47. The molecule has 1 N–H and O–H groups in total. The lowest BCUT2D eigenvalue weighted by Crippen LogP contribution is -2.39. The highest BCUT2D eigenvalue weighted by atomic mass is 32.1. The summed E-state index contributed by atoms with van der Waals surface area (Å²) in [5, 5.41) is 3.61. The van der Waals surface area contributed by atoms with Crippen LogP contribution >= 0.6 is 11.3 Å². The predicted molar refractivity (Wildman–Crippen MR) is 107 cm³/mol. The van der Waals surface area contributed by atoms with Gasteiger partial charge in [0.1, 0.15) is 23.3 Å². The van der Waals surface area contributed by atoms with Crippen molar-refractivity contribution in [2.24, 2.45) is 0 Å². The number of benzene rings is 1. The van der Waals surface area contributed by atoms with E-state index in [-0.39, 0.29) is 17.7 Å². The van der Waals surface area contributed by atoms with Gasteiger partial charge in [0.15, 0.2) is 0 Å². The minimum absolute atomic E-state index is 0.0992. The molecule has 0 radical (unpaired) electrons. The average Bonchev–Trinajstić information content (AvgIpc) is 3.28. The zero-order valence-electron chi connectivity index (χ0n) is 16.1. The molecular formula is C21H23N3O3S. The van der Waals surface area contributed by atoms with E-state index in [0.29, 0.717) is 26.2 Å². The van der Waals surface area contributed by atoms with E-state index in [4.69, 9.17) is 4.74 Å². The van der Waals surface area contributed by atoms with Crippen LogP contribution in [0.15, 0.2) is 24.8 Å². The van der Waals surface area contributed by atoms with Crippen molar-refractivity contribution in [2.45, 2.75) is 39.3 Å². The molecule has 0 saturated heterocycles. The van der Waals surface area contributed by atoms with E-state index < -0.39 is 0 Å². The molecule has 7 heteroatoms. The van der Waals surface area contributed by atoms with E-state index in [2.05, 4.69) is 36.8 Å². The van der Waals surface area contributed by atoms with Gasteiger partial charge in [-0.05, 0) is 37.1 Å². The first-order valence-corrected chi connectivity index (χ1v) is 10.2. The van der Waals surface area contributed by atoms with Gasteiger partial charge in [-0.15, -0.1) is 11.3 Å². The van der Waals surface area contributed by atoms with Crippen molar-refractivity contribution >= 4 is 23.2 Å². The van der Waals surface area contributed by atoms with Gasteiger partial charge in [-0.25, -0.2) is 4.98 Å². The van der Waals surface area contributed by atoms with Crippen molar-refractivity contribution in [3.63, 3.8) is 0 Å². The van der Waals surface area contributed by atoms with Gasteiger partial charge < -0.3 is 15.0 Å². The summed E-state index contributed by atoms with van der Waals surface area (Å²) >= 11 is 1.60. The SMILES string of the molecule is C=CC(=O)NCc1nc2c(s1)CCN(C(=O)C1COc3cc(C)c(C)cc31)C2. The lowest BCUT2D eigenvalue weighted by atomic mass is 9.95. The van der Waals surface area contributed by atoms with E-state index in [1.54, 1.807) is 11.3 Å². The smallest absolute Gasteiger partial charge is 0.243 e. The van der Waals surface area contributed by atoms with Gasteiger partial charge in [0, 0.05) is 23.4 Å². The third-order valence-electron chi connectivity index (χ3n) is 5.39. The lowest BCUT2D eigenvalue weighted by Gasteiger charge is -2.28. The zero-order valence-corrected chi connectivity index (χ0v) is 16.9. The molecule has 2 aliphatic heterocycles. The number of amides is 2. The molecule has 6 nitrogen and oxygen atoms in total. The van der Waals surface area contributed by atoms with Crippen LogP contribution in [0.3, 0.4) is 0 Å². The summed E-state index contributed by atoms with van der Waals surface area (Å²) in [6, 6.07) is 4.11. The Morgan fingerprint density at radius 1 is 1.39 bits per heavy atom. The van der Waals surface area contributed by atoms with Crippen LogP contribution < -0.4 is 10.1 Å². The summed E-state index contributed by atoms with van der Waals surface area (Å²) in [6.07, 6.45) is 2.04. The Morgan fingerprint density at radius 3 is 2.96 bits per heavy atom. The Kier molecular flexibility index (Phi) is 4.93. The fourth-order valence-electron chi connectivity index (χ4n) is 3.65. The molecule has 2 aliphatic rings. The van der Waals surface area contributed by atoms with Gasteiger partial charge in [-0.1, -0.05) is 12.6 Å². The van der Waals surface area contributed by atoms with Crippen LogP contribution in [0.1, 0.15) is 38.2 Å². The first-order valence-electron chi connectivity index (χ1n) is 9.36. The fourth-order valence-corrected chi connectivity index (χ4v) is 4.65. The number of ether oxygens (including phenoxy) is 1. The van der Waals surface area contributed by atoms with Gasteiger partial charge in [-0.3, -0.25) is 9.59 Å². The second-order valence-electron chi connectivity index (χ2n) is 7.25. The van der Waals surface area contributed by atoms with Crippen LogP contribution in [-0.2, 0) is 29.1 Å². The molecule has 0 aliphatic carbocycles. The highest BCUT2D eigenvalue weighted by Gasteiger charge is 2.35. The van der Waals surface area contributed by atoms with Gasteiger partial charge in [0.2, 0.25) is 11.8 Å². The number of carbonyl (C=O) groups is 2. The maximum Gasteiger partial charge on any atom is 0.243 e. The summed E-state index contributed by atoms with van der Waals surface area (Å²) in [4.78, 5) is 32.2. The topological polar surface area (TPSA) is 71.5 Å². The Hall–Kier alpha value is -2.67. The maximum absolute atomic E-state index is 13.2. The van der Waals surface area contributed by atoms with Crippen molar-refractivity contribution in [3.05, 3.63) is 57.1 Å². The summed E-state index contributed by atoms with van der Waals surface area (Å²) in [5.41, 5.74) is 4.28. The first kappa shape index (κ1) is 18.7. The van der Waals surface area contributed by atoms with Gasteiger partial charge in [-0.2, -0.15) is 0 Å². The molecule has 3 heterocycles. The molecule has 0 spiro atoms. The Labute approximate surface area is 168 Å². The number of carbonyl (C=O) groups excluding carboxylic acids is 2. The van der Waals surface area contributed by atoms with Crippen LogP contribution in [0.2, 0.25) is 0 Å². The number of rotatable bonds is 4. The number of aromatic nitrogens is 1. The third-order valence-corrected chi connectivity index (χ3v) is 6.55. The standard InChI is InChI=1S/C21H23N3O3S/c1-4-19(25)22-9-20-23-16-10-24(6-5-18(16)28-20)21(26)15-11-27-17-8-13(3)12(2)7-14(15)17/h4,7-8,15H,1,5-6,9-11H2,2-3H3,(H,22,25). The molecule has 0 bridgehead atoms. The van der Waals surface area contributed by atoms with E-state index in [0.717, 1.165) is 28.4 Å². The van der Waals surface area contributed by atoms with Crippen molar-refractivity contribution in [2.75, 3.05) is 13.2 Å². The van der Waals surface area contributed by atoms with Crippen LogP contribution in [-0.4, -0.2) is 34.8 Å². The van der Waals surface area contributed by atoms with Crippen molar-refractivity contribution in [1.82, 2.24) is 15.2 Å². The Morgan fingerprint density at radius 2 is 2.18 bits per heavy atom. The van der Waals surface area contributed by atoms with E-state index in [1.807, 2.05) is 11.0 Å². The second-order valence-corrected chi connectivity index (χ2v) is 8.42. The predicted octanol–water partition coefficient (Wildman–Crippen LogP) is 2.62. The number of hydrogen-bond donors (Lipinski definition) is 1. The average molecular weight is 398 g/mol. The van der Waals surface area contributed by atoms with Gasteiger partial charge in [0.25, 0.3) is 0 Å². The van der Waals surface area contributed by atoms with Crippen LogP contribution in [0.5, 0.6) is 5.75 Å². The third kappa shape index (κ3) is 3.42. The quantitative estimate of drug-likeness (QED) is 0.805. The summed E-state index contributed by atoms with van der Waals surface area (Å²) in [5.74, 6) is 0.464. The number of thiazole rings is 1. The molecule has 4 rings (SSSR count). The van der Waals surface area contributed by atoms with Crippen LogP contribution in [0.4, 0.5) is 0 Å². The molecule has 0 fully saturated rings. The normalized spacial score (nSPS) is 17.5. The summed E-state index contributed by atoms with van der Waals surface area (Å²) in [7, 11) is 0. The largest absolute Gasteiger partial charge is 0.492 e. The summed E-state index contributed by atoms with van der Waals surface area (Å²) in [6.45, 7) is 9.54. The van der Waals surface area contributed by atoms with Crippen LogP contribution in [0.25, 0.3) is 0 Å². The molecular weight excluding hydrogens is 374 g/mol. The molecule has 1 aromatic heterocycles. The van der Waals surface area contributed by atoms with E-state index in [9.17, 15) is 9.59 Å². The molecule has 2 aromatic rings. The van der Waals surface area contributed by atoms with Crippen molar-refractivity contribution in [1.29, 1.82) is 0 Å². The molecule has 0 saturated carbocycles. The van der Waals surface area contributed by atoms with Gasteiger partial charge >= 0.3 is 0 Å². The molecule has 28 heavy (non-hydrogen) atoms. The second kappa shape index (κ2) is 7.39. The Bertz CT molecular complexity index is 966. The minimum atomic E-state index is -0.249. The molecule has 1 unspecified atom stereocenters. The highest BCUT2D eigenvalue weighted by molar-refractivity contribution is 7.11. The van der Waals surface area contributed by atoms with Crippen LogP contribution in [0, 0.1) is 13.8 Å². The highest BCUT2D eigenvalue weighted by Crippen LogP contribution is 2.38. The van der Waals surface area contributed by atoms with E-state index >= 15 is 0 Å². The fraction of sp³-hybridized carbons (Fsp3) is 0.381. The van der Waals surface area contributed by atoms with Crippen molar-refractivity contribution in [3.8, 4) is 5.75 Å². The number of nitrogens with one attached hydrogen (secondary N) is 1. The van der Waals surface area contributed by atoms with Gasteiger partial charge in [0.05, 0.1) is 18.8 Å². The minimum Gasteiger partial charge on any atom is -0.492 e. The first-order chi connectivity index (χ1) is 13.5. The lowest BCUT2D eigenvalue weighted by molar-refractivity contribution is -0.134.